The van der Waals surface area contributed by atoms with Gasteiger partial charge in [0.05, 0.1) is 73.6 Å². The highest BCUT2D eigenvalue weighted by Gasteiger charge is 2.37. The minimum absolute atomic E-state index is 0.0437. The molecule has 2 aromatic heterocycles. The first-order valence-corrected chi connectivity index (χ1v) is 21.0. The van der Waals surface area contributed by atoms with E-state index in [-0.39, 0.29) is 35.9 Å². The summed E-state index contributed by atoms with van der Waals surface area (Å²) in [6.45, 7) is 5.13. The fraction of sp³-hybridized carbons (Fsp3) is 0.447. The molecule has 9 rings (SSSR count). The summed E-state index contributed by atoms with van der Waals surface area (Å²) in [5.41, 5.74) is 9.29. The maximum atomic E-state index is 13.1. The van der Waals surface area contributed by atoms with Crippen molar-refractivity contribution in [3.8, 4) is 22.5 Å². The number of benzene rings is 3. The second-order valence-electron chi connectivity index (χ2n) is 17.0. The van der Waals surface area contributed by atoms with Crippen molar-refractivity contribution in [1.29, 1.82) is 0 Å². The van der Waals surface area contributed by atoms with Gasteiger partial charge in [-0.25, -0.2) is 18.7 Å². The Labute approximate surface area is 344 Å². The Bertz CT molecular complexity index is 2230. The molecule has 3 aromatic carbocycles. The van der Waals surface area contributed by atoms with E-state index in [2.05, 4.69) is 74.6 Å². The van der Waals surface area contributed by atoms with Gasteiger partial charge < -0.3 is 29.1 Å². The summed E-state index contributed by atoms with van der Waals surface area (Å²) in [5.74, 6) is -3.02. The number of hydrogen-bond donors (Lipinski definition) is 2. The van der Waals surface area contributed by atoms with Crippen molar-refractivity contribution in [2.24, 2.45) is 11.8 Å². The molecule has 5 aromatic rings. The highest BCUT2D eigenvalue weighted by Crippen LogP contribution is 2.44. The third-order valence-electron chi connectivity index (χ3n) is 12.9. The smallest absolute Gasteiger partial charge is 0.254 e. The van der Waals surface area contributed by atoms with Gasteiger partial charge in [0.15, 0.2) is 0 Å². The molecule has 0 aliphatic carbocycles. The number of amides is 2. The van der Waals surface area contributed by atoms with Crippen LogP contribution in [-0.4, -0.2) is 95.2 Å². The van der Waals surface area contributed by atoms with Gasteiger partial charge in [-0.15, -0.1) is 0 Å². The number of nitrogens with zero attached hydrogens (tertiary/aromatic N) is 6. The molecule has 4 aliphatic rings. The van der Waals surface area contributed by atoms with Crippen LogP contribution in [0.5, 0.6) is 0 Å². The average molecular weight is 805 g/mol. The summed E-state index contributed by atoms with van der Waals surface area (Å²) < 4.78 is 30.5. The number of carbonyl (C=O) groups is 2. The van der Waals surface area contributed by atoms with Gasteiger partial charge in [-0.1, -0.05) is 78.4 Å². The molecular weight excluding hydrogens is 751 g/mol. The van der Waals surface area contributed by atoms with Crippen LogP contribution in [0.1, 0.15) is 86.2 Å². The number of likely N-dealkylation sites (tertiary alicyclic amines) is 2. The monoisotopic (exact) mass is 804 g/mol. The minimum Gasteiger partial charge on any atom is -0.393 e. The lowest BCUT2D eigenvalue weighted by Crippen LogP contribution is -2.43. The molecule has 12 heteroatoms. The van der Waals surface area contributed by atoms with Gasteiger partial charge in [0, 0.05) is 37.3 Å². The van der Waals surface area contributed by atoms with E-state index in [1.54, 1.807) is 6.33 Å². The van der Waals surface area contributed by atoms with Crippen molar-refractivity contribution in [2.75, 3.05) is 26.2 Å². The van der Waals surface area contributed by atoms with Gasteiger partial charge in [-0.2, -0.15) is 0 Å². The quantitative estimate of drug-likeness (QED) is 0.151. The summed E-state index contributed by atoms with van der Waals surface area (Å²) in [6, 6.07) is 24.9. The Hall–Kier alpha value is -5.20. The van der Waals surface area contributed by atoms with E-state index in [0.717, 1.165) is 55.4 Å². The van der Waals surface area contributed by atoms with Crippen LogP contribution in [-0.2, 0) is 16.0 Å². The van der Waals surface area contributed by atoms with Crippen molar-refractivity contribution in [1.82, 2.24) is 28.9 Å². The van der Waals surface area contributed by atoms with Gasteiger partial charge in [0.2, 0.25) is 11.8 Å². The molecule has 4 aliphatic heterocycles. The first-order valence-electron chi connectivity index (χ1n) is 21.0. The van der Waals surface area contributed by atoms with Crippen molar-refractivity contribution in [3.05, 3.63) is 120 Å². The Kier molecular flexibility index (Phi) is 11.8. The number of aryl methyl sites for hydroxylation is 1. The van der Waals surface area contributed by atoms with Crippen LogP contribution in [0.15, 0.2) is 97.8 Å². The number of aliphatic hydroxyl groups excluding tert-OH is 2. The standard InChI is InChI=1S/C26H29N3O2.C21H25F2N3O2/c1-18-6-8-19(9-7-18)14-26(31)28-12-10-20(11-13-28)25(30)15-23-21-4-2-3-5-22(21)24-16-27-17-29(23)24;1-21(22,23)11-20(28)25-8-6-14(7-9-25)19(27)10-17-15-4-2-3-5-16(15)18-12-24-13-26(17)18/h2-9,16-17,20,23,25,30H,10-15H2,1H3;2-5,12-14,17,19,27H,6-11H2,1H3. The number of piperidine rings is 2. The number of aromatic nitrogens is 4. The topological polar surface area (TPSA) is 117 Å². The molecule has 0 saturated carbocycles. The van der Waals surface area contributed by atoms with E-state index in [4.69, 9.17) is 0 Å². The number of fused-ring (bicyclic) bond motifs is 6. The van der Waals surface area contributed by atoms with Gasteiger partial charge in [-0.05, 0) is 80.9 Å². The normalized spacial score (nSPS) is 19.9. The second kappa shape index (κ2) is 17.2. The van der Waals surface area contributed by atoms with Crippen molar-refractivity contribution in [3.63, 3.8) is 0 Å². The lowest BCUT2D eigenvalue weighted by molar-refractivity contribution is -0.139. The first kappa shape index (κ1) is 40.6. The van der Waals surface area contributed by atoms with E-state index < -0.39 is 24.4 Å². The van der Waals surface area contributed by atoms with E-state index in [9.17, 15) is 28.6 Å². The molecule has 2 saturated heterocycles. The Balaban J connectivity index is 0.000000165. The van der Waals surface area contributed by atoms with Gasteiger partial charge in [-0.3, -0.25) is 9.59 Å². The van der Waals surface area contributed by atoms with Gasteiger partial charge >= 0.3 is 0 Å². The van der Waals surface area contributed by atoms with Crippen LogP contribution in [0.25, 0.3) is 22.5 Å². The summed E-state index contributed by atoms with van der Waals surface area (Å²) in [4.78, 5) is 36.7. The number of halogens is 2. The van der Waals surface area contributed by atoms with Gasteiger partial charge in [0.1, 0.15) is 0 Å². The van der Waals surface area contributed by atoms with Crippen LogP contribution in [0.2, 0.25) is 0 Å². The Morgan fingerprint density at radius 3 is 1.59 bits per heavy atom. The van der Waals surface area contributed by atoms with Crippen LogP contribution in [0, 0.1) is 18.8 Å². The molecule has 0 bridgehead atoms. The van der Waals surface area contributed by atoms with Crippen molar-refractivity contribution in [2.45, 2.75) is 95.4 Å². The first-order chi connectivity index (χ1) is 28.4. The third kappa shape index (κ3) is 8.89. The van der Waals surface area contributed by atoms with E-state index in [0.29, 0.717) is 45.2 Å². The number of alkyl halides is 2. The minimum atomic E-state index is -2.98. The molecule has 2 fully saturated rings. The number of hydrogen-bond acceptors (Lipinski definition) is 6. The van der Waals surface area contributed by atoms with E-state index in [1.807, 2.05) is 47.9 Å². The maximum Gasteiger partial charge on any atom is 0.254 e. The van der Waals surface area contributed by atoms with Crippen LogP contribution >= 0.6 is 0 Å². The molecule has 310 valence electrons. The zero-order chi connectivity index (χ0) is 41.3. The largest absolute Gasteiger partial charge is 0.393 e. The number of aliphatic hydroxyl groups is 2. The van der Waals surface area contributed by atoms with Crippen LogP contribution in [0.3, 0.4) is 0 Å². The number of imidazole rings is 2. The van der Waals surface area contributed by atoms with Crippen LogP contribution < -0.4 is 0 Å². The molecule has 2 amide bonds. The second-order valence-corrected chi connectivity index (χ2v) is 17.0. The molecule has 6 heterocycles. The molecule has 2 N–H and O–H groups in total. The molecule has 0 spiro atoms. The van der Waals surface area contributed by atoms with E-state index in [1.165, 1.54) is 27.2 Å². The SMILES string of the molecule is CC(F)(F)CC(=O)N1CCC(C(O)CC2c3ccccc3-c3cncn32)CC1.Cc1ccc(CC(=O)N2CCC(C(O)CC3c4ccccc4-c4cncn43)CC2)cc1. The summed E-state index contributed by atoms with van der Waals surface area (Å²) >= 11 is 0. The fourth-order valence-corrected chi connectivity index (χ4v) is 9.63. The zero-order valence-electron chi connectivity index (χ0n) is 33.8. The molecule has 4 atom stereocenters. The number of carbonyl (C=O) groups excluding carboxylic acids is 2. The molecule has 10 nitrogen and oxygen atoms in total. The van der Waals surface area contributed by atoms with Crippen LogP contribution in [0.4, 0.5) is 8.78 Å². The lowest BCUT2D eigenvalue weighted by atomic mass is 9.86. The van der Waals surface area contributed by atoms with Gasteiger partial charge in [0.25, 0.3) is 5.92 Å². The predicted molar refractivity (Wildman–Crippen MR) is 222 cm³/mol. The Morgan fingerprint density at radius 1 is 0.695 bits per heavy atom. The fourth-order valence-electron chi connectivity index (χ4n) is 9.63. The lowest BCUT2D eigenvalue weighted by Gasteiger charge is -2.35. The molecule has 59 heavy (non-hydrogen) atoms. The summed E-state index contributed by atoms with van der Waals surface area (Å²) in [7, 11) is 0. The molecule has 0 radical (unpaired) electrons. The summed E-state index contributed by atoms with van der Waals surface area (Å²) in [5, 5.41) is 21.9. The van der Waals surface area contributed by atoms with Crippen molar-refractivity contribution >= 4 is 11.8 Å². The molecule has 4 unspecified atom stereocenters. The predicted octanol–water partition coefficient (Wildman–Crippen LogP) is 7.48. The molecular formula is C47H54F2N6O4. The van der Waals surface area contributed by atoms with Crippen molar-refractivity contribution < 1.29 is 28.6 Å². The van der Waals surface area contributed by atoms with E-state index >= 15 is 0 Å². The Morgan fingerprint density at radius 2 is 1.14 bits per heavy atom. The maximum absolute atomic E-state index is 13.1. The number of rotatable bonds is 10. The zero-order valence-corrected chi connectivity index (χ0v) is 33.8. The average Bonchev–Trinajstić information content (AvgIpc) is 4.03. The highest BCUT2D eigenvalue weighted by molar-refractivity contribution is 5.79. The highest BCUT2D eigenvalue weighted by atomic mass is 19.3. The third-order valence-corrected chi connectivity index (χ3v) is 12.9. The summed E-state index contributed by atoms with van der Waals surface area (Å²) in [6.07, 6.45) is 10.5.